The van der Waals surface area contributed by atoms with Gasteiger partial charge >= 0.3 is 5.97 Å². The number of hydrogen-bond acceptors (Lipinski definition) is 5. The van der Waals surface area contributed by atoms with Gasteiger partial charge in [0.05, 0.1) is 9.82 Å². The number of carbonyl (C=O) groups is 1. The number of likely N-dealkylation sites (N-methyl/N-ethyl adjacent to an activating group) is 1. The molecule has 0 heterocycles. The lowest BCUT2D eigenvalue weighted by molar-refractivity contribution is -0.384. The van der Waals surface area contributed by atoms with Crippen molar-refractivity contribution in [2.24, 2.45) is 0 Å². The average molecular weight is 364 g/mol. The summed E-state index contributed by atoms with van der Waals surface area (Å²) < 4.78 is 26.0. The zero-order chi connectivity index (χ0) is 18.6. The Balaban J connectivity index is 2.34. The van der Waals surface area contributed by atoms with Crippen molar-refractivity contribution in [2.75, 3.05) is 7.05 Å². The van der Waals surface area contributed by atoms with Crippen molar-refractivity contribution in [2.45, 2.75) is 17.4 Å². The van der Waals surface area contributed by atoms with Crippen molar-refractivity contribution < 1.29 is 23.2 Å². The largest absolute Gasteiger partial charge is 0.480 e. The molecule has 1 N–H and O–H groups in total. The van der Waals surface area contributed by atoms with Crippen molar-refractivity contribution in [3.63, 3.8) is 0 Å². The van der Waals surface area contributed by atoms with Gasteiger partial charge in [0.2, 0.25) is 10.0 Å². The lowest BCUT2D eigenvalue weighted by Crippen LogP contribution is -2.43. The van der Waals surface area contributed by atoms with Crippen LogP contribution in [0, 0.1) is 10.1 Å². The highest BCUT2D eigenvalue weighted by Crippen LogP contribution is 2.20. The Labute approximate surface area is 144 Å². The highest BCUT2D eigenvalue weighted by atomic mass is 32.2. The summed E-state index contributed by atoms with van der Waals surface area (Å²) in [6.45, 7) is 0. The van der Waals surface area contributed by atoms with Crippen molar-refractivity contribution in [3.8, 4) is 0 Å². The minimum Gasteiger partial charge on any atom is -0.480 e. The molecule has 9 heteroatoms. The molecule has 0 fully saturated rings. The summed E-state index contributed by atoms with van der Waals surface area (Å²) >= 11 is 0. The first-order valence-electron chi connectivity index (χ1n) is 7.22. The average Bonchev–Trinajstić information content (AvgIpc) is 2.59. The van der Waals surface area contributed by atoms with Gasteiger partial charge in [-0.05, 0) is 24.1 Å². The van der Waals surface area contributed by atoms with Crippen molar-refractivity contribution in [1.82, 2.24) is 4.31 Å². The number of nitro groups is 1. The summed E-state index contributed by atoms with van der Waals surface area (Å²) in [6.07, 6.45) is -0.195. The maximum atomic E-state index is 12.6. The Hall–Kier alpha value is -2.78. The minimum atomic E-state index is -4.01. The van der Waals surface area contributed by atoms with Crippen LogP contribution in [0.5, 0.6) is 0 Å². The van der Waals surface area contributed by atoms with Crippen LogP contribution in [0.3, 0.4) is 0 Å². The molecule has 8 nitrogen and oxygen atoms in total. The number of non-ortho nitro benzene ring substituents is 1. The Morgan fingerprint density at radius 3 is 2.40 bits per heavy atom. The first kappa shape index (κ1) is 18.6. The van der Waals surface area contributed by atoms with Crippen molar-refractivity contribution in [1.29, 1.82) is 0 Å². The van der Waals surface area contributed by atoms with Crippen LogP contribution in [-0.4, -0.2) is 41.8 Å². The van der Waals surface area contributed by atoms with Gasteiger partial charge in [-0.15, -0.1) is 0 Å². The van der Waals surface area contributed by atoms with Crippen LogP contribution in [0.1, 0.15) is 5.56 Å². The molecule has 0 spiro atoms. The molecule has 0 saturated carbocycles. The normalized spacial score (nSPS) is 12.7. The molecular weight excluding hydrogens is 348 g/mol. The maximum absolute atomic E-state index is 12.6. The molecule has 2 aromatic carbocycles. The van der Waals surface area contributed by atoms with Gasteiger partial charge in [0, 0.05) is 19.2 Å². The Bertz CT molecular complexity index is 883. The number of nitrogens with zero attached hydrogens (tertiary/aromatic N) is 2. The molecule has 132 valence electrons. The molecule has 0 radical (unpaired) electrons. The molecular formula is C16H16N2O6S. The first-order chi connectivity index (χ1) is 11.7. The lowest BCUT2D eigenvalue weighted by atomic mass is 10.1. The van der Waals surface area contributed by atoms with Crippen LogP contribution in [0.2, 0.25) is 0 Å². The van der Waals surface area contributed by atoms with Crippen molar-refractivity contribution >= 4 is 21.7 Å². The predicted octanol–water partition coefficient (Wildman–Crippen LogP) is 1.91. The van der Waals surface area contributed by atoms with E-state index >= 15 is 0 Å². The lowest BCUT2D eigenvalue weighted by Gasteiger charge is -2.24. The first-order valence-corrected chi connectivity index (χ1v) is 8.66. The molecule has 2 rings (SSSR count). The summed E-state index contributed by atoms with van der Waals surface area (Å²) in [5.41, 5.74) is 0.173. The van der Waals surface area contributed by atoms with E-state index in [2.05, 4.69) is 0 Å². The topological polar surface area (TPSA) is 118 Å². The summed E-state index contributed by atoms with van der Waals surface area (Å²) in [6, 6.07) is 11.5. The van der Waals surface area contributed by atoms with Crippen LogP contribution in [-0.2, 0) is 21.2 Å². The van der Waals surface area contributed by atoms with E-state index in [-0.39, 0.29) is 17.0 Å². The van der Waals surface area contributed by atoms with E-state index in [1.165, 1.54) is 55.6 Å². The molecule has 25 heavy (non-hydrogen) atoms. The molecule has 0 aliphatic rings. The highest BCUT2D eigenvalue weighted by molar-refractivity contribution is 7.89. The summed E-state index contributed by atoms with van der Waals surface area (Å²) in [5, 5.41) is 20.3. The van der Waals surface area contributed by atoms with Crippen LogP contribution >= 0.6 is 0 Å². The molecule has 0 unspecified atom stereocenters. The number of sulfonamides is 1. The number of benzene rings is 2. The van der Waals surface area contributed by atoms with E-state index in [1.807, 2.05) is 0 Å². The van der Waals surface area contributed by atoms with E-state index in [0.29, 0.717) is 5.56 Å². The molecule has 1 atom stereocenters. The summed E-state index contributed by atoms with van der Waals surface area (Å²) in [7, 11) is -2.83. The third-order valence-corrected chi connectivity index (χ3v) is 5.58. The summed E-state index contributed by atoms with van der Waals surface area (Å²) in [4.78, 5) is 21.8. The van der Waals surface area contributed by atoms with Gasteiger partial charge in [-0.1, -0.05) is 30.3 Å². The second-order valence-electron chi connectivity index (χ2n) is 5.32. The maximum Gasteiger partial charge on any atom is 0.322 e. The van der Waals surface area contributed by atoms with Crippen LogP contribution in [0.4, 0.5) is 5.69 Å². The Kier molecular flexibility index (Phi) is 5.50. The molecule has 0 aromatic heterocycles. The van der Waals surface area contributed by atoms with Gasteiger partial charge in [0.1, 0.15) is 6.04 Å². The summed E-state index contributed by atoms with van der Waals surface area (Å²) in [5.74, 6) is -1.34. The zero-order valence-electron chi connectivity index (χ0n) is 13.3. The van der Waals surface area contributed by atoms with Gasteiger partial charge in [0.25, 0.3) is 5.69 Å². The number of aliphatic carboxylic acids is 1. The van der Waals surface area contributed by atoms with E-state index in [9.17, 15) is 28.4 Å². The highest BCUT2D eigenvalue weighted by Gasteiger charge is 2.33. The van der Waals surface area contributed by atoms with Gasteiger partial charge < -0.3 is 5.11 Å². The van der Waals surface area contributed by atoms with Crippen LogP contribution in [0.15, 0.2) is 59.5 Å². The third kappa shape index (κ3) is 4.20. The van der Waals surface area contributed by atoms with E-state index in [4.69, 9.17) is 0 Å². The number of rotatable bonds is 7. The fourth-order valence-electron chi connectivity index (χ4n) is 2.32. The van der Waals surface area contributed by atoms with Gasteiger partial charge in [-0.25, -0.2) is 8.42 Å². The minimum absolute atomic E-state index is 0.0252. The molecule has 0 aliphatic carbocycles. The standard InChI is InChI=1S/C16H16N2O6S/c1-17(25(23,24)14-8-3-2-4-9-14)15(16(19)20)11-12-6-5-7-13(10-12)18(21)22/h2-10,15H,11H2,1H3,(H,19,20)/t15-/m0/s1. The SMILES string of the molecule is CN([C@@H](Cc1cccc([N+](=O)[O-])c1)C(=O)O)S(=O)(=O)c1ccccc1. The fourth-order valence-corrected chi connectivity index (χ4v) is 3.65. The van der Waals surface area contributed by atoms with Crippen molar-refractivity contribution in [3.05, 3.63) is 70.3 Å². The van der Waals surface area contributed by atoms with E-state index in [1.54, 1.807) is 6.07 Å². The third-order valence-electron chi connectivity index (χ3n) is 3.69. The molecule has 2 aromatic rings. The van der Waals surface area contributed by atoms with Gasteiger partial charge in [-0.2, -0.15) is 4.31 Å². The second-order valence-corrected chi connectivity index (χ2v) is 7.32. The zero-order valence-corrected chi connectivity index (χ0v) is 14.1. The second kappa shape index (κ2) is 7.41. The van der Waals surface area contributed by atoms with E-state index < -0.39 is 27.0 Å². The fraction of sp³-hybridized carbons (Fsp3) is 0.188. The smallest absolute Gasteiger partial charge is 0.322 e. The predicted molar refractivity (Wildman–Crippen MR) is 89.6 cm³/mol. The number of hydrogen-bond donors (Lipinski definition) is 1. The van der Waals surface area contributed by atoms with Crippen LogP contribution in [0.25, 0.3) is 0 Å². The molecule has 0 saturated heterocycles. The van der Waals surface area contributed by atoms with Crippen LogP contribution < -0.4 is 0 Å². The monoisotopic (exact) mass is 364 g/mol. The Morgan fingerprint density at radius 2 is 1.84 bits per heavy atom. The quantitative estimate of drug-likeness (QED) is 0.592. The number of nitro benzene ring substituents is 1. The van der Waals surface area contributed by atoms with Gasteiger partial charge in [-0.3, -0.25) is 14.9 Å². The Morgan fingerprint density at radius 1 is 1.20 bits per heavy atom. The molecule has 0 amide bonds. The number of carboxylic acid groups (broad SMARTS) is 1. The van der Waals surface area contributed by atoms with E-state index in [0.717, 1.165) is 4.31 Å². The van der Waals surface area contributed by atoms with Gasteiger partial charge in [0.15, 0.2) is 0 Å². The number of carboxylic acids is 1. The molecule has 0 bridgehead atoms. The molecule has 0 aliphatic heterocycles.